The molecule has 0 aliphatic carbocycles. The molecule has 0 amide bonds. The summed E-state index contributed by atoms with van der Waals surface area (Å²) in [6.07, 6.45) is 2.15. The molecule has 0 aromatic heterocycles. The molecule has 0 atom stereocenters. The van der Waals surface area contributed by atoms with Crippen molar-refractivity contribution in [3.63, 3.8) is 0 Å². The first-order chi connectivity index (χ1) is 4.00. The van der Waals surface area contributed by atoms with Gasteiger partial charge in [-0.15, -0.1) is 23.5 Å². The lowest BCUT2D eigenvalue weighted by molar-refractivity contribution is 1.42. The quantitative estimate of drug-likeness (QED) is 0.516. The van der Waals surface area contributed by atoms with Crippen molar-refractivity contribution < 1.29 is 0 Å². The van der Waals surface area contributed by atoms with Gasteiger partial charge in [-0.3, -0.25) is 4.99 Å². The van der Waals surface area contributed by atoms with Gasteiger partial charge in [-0.2, -0.15) is 0 Å². The SMILES string of the molecule is C1=CSCN=CSC1. The van der Waals surface area contributed by atoms with Gasteiger partial charge in [0.15, 0.2) is 0 Å². The van der Waals surface area contributed by atoms with Gasteiger partial charge in [-0.25, -0.2) is 0 Å². The number of rotatable bonds is 0. The van der Waals surface area contributed by atoms with E-state index in [0.717, 1.165) is 11.6 Å². The molecule has 1 aliphatic heterocycles. The molecular weight excluding hydrogens is 138 g/mol. The van der Waals surface area contributed by atoms with E-state index in [2.05, 4.69) is 16.5 Å². The fourth-order valence-electron chi connectivity index (χ4n) is 0.375. The van der Waals surface area contributed by atoms with E-state index in [4.69, 9.17) is 0 Å². The van der Waals surface area contributed by atoms with E-state index in [9.17, 15) is 0 Å². The van der Waals surface area contributed by atoms with Gasteiger partial charge in [0.1, 0.15) is 0 Å². The highest BCUT2D eigenvalue weighted by atomic mass is 32.2. The van der Waals surface area contributed by atoms with Gasteiger partial charge in [0.05, 0.1) is 11.4 Å². The first-order valence-electron chi connectivity index (χ1n) is 2.36. The first-order valence-corrected chi connectivity index (χ1v) is 4.46. The minimum absolute atomic E-state index is 0.878. The van der Waals surface area contributed by atoms with Crippen LogP contribution in [0.3, 0.4) is 0 Å². The van der Waals surface area contributed by atoms with Gasteiger partial charge in [-0.1, -0.05) is 6.08 Å². The topological polar surface area (TPSA) is 12.4 Å². The molecule has 1 heterocycles. The molecule has 0 fully saturated rings. The Morgan fingerprint density at radius 3 is 3.38 bits per heavy atom. The van der Waals surface area contributed by atoms with Crippen LogP contribution in [-0.2, 0) is 0 Å². The van der Waals surface area contributed by atoms with Crippen molar-refractivity contribution in [3.05, 3.63) is 11.5 Å². The van der Waals surface area contributed by atoms with Crippen LogP contribution in [0.5, 0.6) is 0 Å². The van der Waals surface area contributed by atoms with Gasteiger partial charge < -0.3 is 0 Å². The van der Waals surface area contributed by atoms with Crippen LogP contribution in [-0.4, -0.2) is 17.2 Å². The molecule has 0 aromatic carbocycles. The van der Waals surface area contributed by atoms with Crippen LogP contribution in [0.15, 0.2) is 16.5 Å². The Labute approximate surface area is 57.6 Å². The molecular formula is C5H7NS2. The molecule has 0 unspecified atom stereocenters. The average molecular weight is 145 g/mol. The number of hydrogen-bond acceptors (Lipinski definition) is 3. The maximum absolute atomic E-state index is 4.08. The van der Waals surface area contributed by atoms with E-state index in [1.807, 2.05) is 5.55 Å². The third-order valence-electron chi connectivity index (χ3n) is 0.683. The minimum Gasteiger partial charge on any atom is -0.275 e. The van der Waals surface area contributed by atoms with Crippen LogP contribution in [0.1, 0.15) is 0 Å². The Bertz CT molecular complexity index is 83.0. The Hall–Kier alpha value is 0.110. The zero-order chi connectivity index (χ0) is 5.66. The second kappa shape index (κ2) is 4.04. The fraction of sp³-hybridized carbons (Fsp3) is 0.400. The van der Waals surface area contributed by atoms with E-state index in [-0.39, 0.29) is 0 Å². The van der Waals surface area contributed by atoms with Crippen LogP contribution in [0.2, 0.25) is 0 Å². The number of nitrogens with zero attached hydrogens (tertiary/aromatic N) is 1. The van der Waals surface area contributed by atoms with E-state index < -0.39 is 0 Å². The van der Waals surface area contributed by atoms with Crippen molar-refractivity contribution in [2.75, 3.05) is 11.6 Å². The number of hydrogen-bond donors (Lipinski definition) is 0. The third-order valence-corrected chi connectivity index (χ3v) is 2.05. The van der Waals surface area contributed by atoms with E-state index in [1.165, 1.54) is 0 Å². The lowest BCUT2D eigenvalue weighted by atomic mass is 10.8. The molecule has 3 heteroatoms. The average Bonchev–Trinajstić information content (AvgIpc) is 1.62. The van der Waals surface area contributed by atoms with Crippen LogP contribution in [0, 0.1) is 0 Å². The molecule has 0 radical (unpaired) electrons. The Kier molecular flexibility index (Phi) is 3.14. The Morgan fingerprint density at radius 2 is 2.38 bits per heavy atom. The zero-order valence-corrected chi connectivity index (χ0v) is 6.04. The monoisotopic (exact) mass is 145 g/mol. The van der Waals surface area contributed by atoms with E-state index in [0.29, 0.717) is 0 Å². The molecule has 1 aliphatic rings. The second-order valence-electron chi connectivity index (χ2n) is 1.29. The second-order valence-corrected chi connectivity index (χ2v) is 3.03. The molecule has 0 bridgehead atoms. The van der Waals surface area contributed by atoms with Gasteiger partial charge in [0, 0.05) is 5.75 Å². The van der Waals surface area contributed by atoms with Crippen molar-refractivity contribution in [1.29, 1.82) is 0 Å². The van der Waals surface area contributed by atoms with Crippen molar-refractivity contribution in [3.8, 4) is 0 Å². The maximum Gasteiger partial charge on any atom is 0.0890 e. The van der Waals surface area contributed by atoms with Gasteiger partial charge in [-0.05, 0) is 5.41 Å². The van der Waals surface area contributed by atoms with Crippen LogP contribution in [0.25, 0.3) is 0 Å². The number of thioether (sulfide) groups is 2. The Morgan fingerprint density at radius 1 is 1.38 bits per heavy atom. The molecule has 8 heavy (non-hydrogen) atoms. The third kappa shape index (κ3) is 2.43. The largest absolute Gasteiger partial charge is 0.275 e. The molecule has 0 spiro atoms. The van der Waals surface area contributed by atoms with Crippen molar-refractivity contribution in [1.82, 2.24) is 0 Å². The summed E-state index contributed by atoms with van der Waals surface area (Å²) in [5, 5.41) is 2.10. The summed E-state index contributed by atoms with van der Waals surface area (Å²) < 4.78 is 0. The standard InChI is InChI=1S/C5H7NS2/c1-2-7-4-6-5-8-3-1/h1-2,5H,3-4H2. The highest BCUT2D eigenvalue weighted by Crippen LogP contribution is 2.07. The predicted octanol–water partition coefficient (Wildman–Crippen LogP) is 1.97. The molecule has 1 rings (SSSR count). The summed E-state index contributed by atoms with van der Waals surface area (Å²) in [6, 6.07) is 0. The molecule has 0 saturated heterocycles. The normalized spacial score (nSPS) is 20.0. The van der Waals surface area contributed by atoms with Crippen molar-refractivity contribution in [2.24, 2.45) is 4.99 Å². The van der Waals surface area contributed by atoms with Crippen LogP contribution >= 0.6 is 23.5 Å². The maximum atomic E-state index is 4.08. The molecule has 0 aromatic rings. The van der Waals surface area contributed by atoms with E-state index in [1.54, 1.807) is 23.5 Å². The summed E-state index contributed by atoms with van der Waals surface area (Å²) in [5.74, 6) is 1.94. The van der Waals surface area contributed by atoms with Crippen LogP contribution in [0.4, 0.5) is 0 Å². The molecule has 1 nitrogen and oxygen atoms in total. The van der Waals surface area contributed by atoms with E-state index >= 15 is 0 Å². The lowest BCUT2D eigenvalue weighted by Crippen LogP contribution is -1.76. The molecule has 0 saturated carbocycles. The molecule has 0 N–H and O–H groups in total. The zero-order valence-electron chi connectivity index (χ0n) is 4.41. The van der Waals surface area contributed by atoms with Gasteiger partial charge in [0.25, 0.3) is 0 Å². The van der Waals surface area contributed by atoms with Crippen molar-refractivity contribution >= 4 is 29.1 Å². The summed E-state index contributed by atoms with van der Waals surface area (Å²) in [7, 11) is 0. The Balaban J connectivity index is 2.29. The predicted molar refractivity (Wildman–Crippen MR) is 42.5 cm³/mol. The minimum atomic E-state index is 0.878. The highest BCUT2D eigenvalue weighted by molar-refractivity contribution is 8.12. The first kappa shape index (κ1) is 6.23. The van der Waals surface area contributed by atoms with Crippen molar-refractivity contribution in [2.45, 2.75) is 0 Å². The summed E-state index contributed by atoms with van der Waals surface area (Å²) >= 11 is 3.47. The number of aliphatic imine (C=N–C) groups is 1. The lowest BCUT2D eigenvalue weighted by Gasteiger charge is -1.92. The summed E-state index contributed by atoms with van der Waals surface area (Å²) in [5.41, 5.74) is 1.91. The highest BCUT2D eigenvalue weighted by Gasteiger charge is 1.82. The fourth-order valence-corrected chi connectivity index (χ4v) is 1.54. The molecule has 44 valence electrons. The van der Waals surface area contributed by atoms with Crippen LogP contribution < -0.4 is 0 Å². The smallest absolute Gasteiger partial charge is 0.0890 e. The summed E-state index contributed by atoms with van der Waals surface area (Å²) in [6.45, 7) is 0. The summed E-state index contributed by atoms with van der Waals surface area (Å²) in [4.78, 5) is 4.08. The van der Waals surface area contributed by atoms with Gasteiger partial charge in [0.2, 0.25) is 0 Å². The van der Waals surface area contributed by atoms with Gasteiger partial charge >= 0.3 is 0 Å².